The highest BCUT2D eigenvalue weighted by Gasteiger charge is 2.41. The fraction of sp³-hybridized carbons (Fsp3) is 0.533. The third-order valence-electron chi connectivity index (χ3n) is 3.91. The van der Waals surface area contributed by atoms with E-state index >= 15 is 0 Å². The van der Waals surface area contributed by atoms with Gasteiger partial charge in [0.15, 0.2) is 0 Å². The molecule has 0 spiro atoms. The van der Waals surface area contributed by atoms with Gasteiger partial charge in [0, 0.05) is 13.0 Å². The smallest absolute Gasteiger partial charge is 0.220 e. The van der Waals surface area contributed by atoms with Gasteiger partial charge in [-0.15, -0.1) is 0 Å². The first-order valence-corrected chi connectivity index (χ1v) is 6.76. The van der Waals surface area contributed by atoms with Crippen LogP contribution in [0, 0.1) is 18.2 Å². The van der Waals surface area contributed by atoms with E-state index in [4.69, 9.17) is 5.73 Å². The lowest BCUT2D eigenvalue weighted by atomic mass is 10.1. The highest BCUT2D eigenvalue weighted by Crippen LogP contribution is 2.43. The molecule has 3 N–H and O–H groups in total. The maximum atomic E-state index is 13.1. The van der Waals surface area contributed by atoms with Crippen LogP contribution in [0.25, 0.3) is 0 Å². The van der Waals surface area contributed by atoms with Crippen molar-refractivity contribution < 1.29 is 9.18 Å². The van der Waals surface area contributed by atoms with Crippen LogP contribution in [-0.4, -0.2) is 19.0 Å². The van der Waals surface area contributed by atoms with Gasteiger partial charge in [0.2, 0.25) is 5.91 Å². The summed E-state index contributed by atoms with van der Waals surface area (Å²) in [5, 5.41) is 2.94. The molecule has 0 aromatic heterocycles. The minimum atomic E-state index is -0.202. The number of carbonyl (C=O) groups excluding carboxylic acids is 1. The number of amides is 1. The lowest BCUT2D eigenvalue weighted by Crippen LogP contribution is -2.33. The van der Waals surface area contributed by atoms with Crippen molar-refractivity contribution in [3.63, 3.8) is 0 Å². The van der Waals surface area contributed by atoms with Crippen molar-refractivity contribution >= 4 is 5.91 Å². The first-order valence-electron chi connectivity index (χ1n) is 6.76. The Morgan fingerprint density at radius 1 is 1.47 bits per heavy atom. The van der Waals surface area contributed by atoms with E-state index in [9.17, 15) is 9.18 Å². The second-order valence-electron chi connectivity index (χ2n) is 5.56. The normalized spacial score (nSPS) is 16.2. The van der Waals surface area contributed by atoms with Crippen molar-refractivity contribution in [2.75, 3.05) is 13.1 Å². The molecule has 3 nitrogen and oxygen atoms in total. The van der Waals surface area contributed by atoms with Gasteiger partial charge in [-0.2, -0.15) is 0 Å². The van der Waals surface area contributed by atoms with E-state index in [1.165, 1.54) is 6.07 Å². The molecule has 0 saturated heterocycles. The molecule has 0 aliphatic heterocycles. The highest BCUT2D eigenvalue weighted by atomic mass is 19.1. The third-order valence-corrected chi connectivity index (χ3v) is 3.91. The maximum Gasteiger partial charge on any atom is 0.220 e. The number of nitrogens with one attached hydrogen (secondary N) is 1. The zero-order valence-electron chi connectivity index (χ0n) is 11.3. The topological polar surface area (TPSA) is 55.1 Å². The quantitative estimate of drug-likeness (QED) is 0.824. The standard InChI is InChI=1S/C15H21FN2O/c1-11-8-12(2-4-13(11)16)3-5-14(19)18-10-15(9-17)6-7-15/h2,4,8H,3,5-7,9-10,17H2,1H3,(H,18,19). The predicted octanol–water partition coefficient (Wildman–Crippen LogP) is 1.92. The van der Waals surface area contributed by atoms with Gasteiger partial charge in [-0.25, -0.2) is 4.39 Å². The summed E-state index contributed by atoms with van der Waals surface area (Å²) >= 11 is 0. The van der Waals surface area contributed by atoms with E-state index in [2.05, 4.69) is 5.32 Å². The van der Waals surface area contributed by atoms with Gasteiger partial charge in [-0.1, -0.05) is 12.1 Å². The lowest BCUT2D eigenvalue weighted by molar-refractivity contribution is -0.121. The minimum absolute atomic E-state index is 0.0432. The Bertz CT molecular complexity index is 469. The number of hydrogen-bond donors (Lipinski definition) is 2. The molecule has 1 aromatic carbocycles. The molecule has 1 saturated carbocycles. The molecule has 0 atom stereocenters. The molecule has 2 rings (SSSR count). The number of hydrogen-bond acceptors (Lipinski definition) is 2. The minimum Gasteiger partial charge on any atom is -0.355 e. The number of halogens is 1. The van der Waals surface area contributed by atoms with Crippen molar-refractivity contribution in [3.05, 3.63) is 35.1 Å². The second kappa shape index (κ2) is 5.70. The van der Waals surface area contributed by atoms with Crippen LogP contribution in [0.2, 0.25) is 0 Å². The third kappa shape index (κ3) is 3.77. The molecular formula is C15H21FN2O. The van der Waals surface area contributed by atoms with Crippen molar-refractivity contribution in [1.29, 1.82) is 0 Å². The first-order chi connectivity index (χ1) is 9.04. The van der Waals surface area contributed by atoms with E-state index in [-0.39, 0.29) is 17.1 Å². The summed E-state index contributed by atoms with van der Waals surface area (Å²) in [7, 11) is 0. The summed E-state index contributed by atoms with van der Waals surface area (Å²) in [4.78, 5) is 11.7. The monoisotopic (exact) mass is 264 g/mol. The van der Waals surface area contributed by atoms with Crippen molar-refractivity contribution in [1.82, 2.24) is 5.32 Å². The lowest BCUT2D eigenvalue weighted by Gasteiger charge is -2.13. The summed E-state index contributed by atoms with van der Waals surface area (Å²) in [6, 6.07) is 4.99. The zero-order valence-corrected chi connectivity index (χ0v) is 11.3. The average Bonchev–Trinajstić information content (AvgIpc) is 3.18. The molecule has 1 amide bonds. The number of benzene rings is 1. The van der Waals surface area contributed by atoms with Crippen LogP contribution >= 0.6 is 0 Å². The molecule has 4 heteroatoms. The molecule has 0 radical (unpaired) electrons. The molecular weight excluding hydrogens is 243 g/mol. The zero-order chi connectivity index (χ0) is 13.9. The van der Waals surface area contributed by atoms with Crippen LogP contribution in [-0.2, 0) is 11.2 Å². The van der Waals surface area contributed by atoms with Crippen LogP contribution in [0.4, 0.5) is 4.39 Å². The van der Waals surface area contributed by atoms with Crippen LogP contribution in [0.1, 0.15) is 30.4 Å². The molecule has 0 bridgehead atoms. The van der Waals surface area contributed by atoms with Gasteiger partial charge in [-0.05, 0) is 55.3 Å². The van der Waals surface area contributed by atoms with Crippen LogP contribution in [0.5, 0.6) is 0 Å². The molecule has 1 aliphatic carbocycles. The Morgan fingerprint density at radius 2 is 2.21 bits per heavy atom. The van der Waals surface area contributed by atoms with Crippen molar-refractivity contribution in [2.24, 2.45) is 11.1 Å². The van der Waals surface area contributed by atoms with E-state index in [1.54, 1.807) is 19.1 Å². The van der Waals surface area contributed by atoms with Gasteiger partial charge in [-0.3, -0.25) is 4.79 Å². The largest absolute Gasteiger partial charge is 0.355 e. The molecule has 1 fully saturated rings. The molecule has 0 heterocycles. The van der Waals surface area contributed by atoms with Gasteiger partial charge in [0.25, 0.3) is 0 Å². The molecule has 0 unspecified atom stereocenters. The van der Waals surface area contributed by atoms with Crippen LogP contribution in [0.15, 0.2) is 18.2 Å². The number of aryl methyl sites for hydroxylation is 2. The Labute approximate surface area is 113 Å². The second-order valence-corrected chi connectivity index (χ2v) is 5.56. The van der Waals surface area contributed by atoms with E-state index in [0.29, 0.717) is 31.5 Å². The maximum absolute atomic E-state index is 13.1. The number of nitrogens with two attached hydrogens (primary N) is 1. The fourth-order valence-electron chi connectivity index (χ4n) is 2.12. The number of carbonyl (C=O) groups is 1. The average molecular weight is 264 g/mol. The van der Waals surface area contributed by atoms with Gasteiger partial charge in [0.05, 0.1) is 0 Å². The van der Waals surface area contributed by atoms with Crippen molar-refractivity contribution in [2.45, 2.75) is 32.6 Å². The summed E-state index contributed by atoms with van der Waals surface area (Å²) in [6.07, 6.45) is 3.30. The van der Waals surface area contributed by atoms with E-state index in [0.717, 1.165) is 18.4 Å². The molecule has 1 aliphatic rings. The summed E-state index contributed by atoms with van der Waals surface area (Å²) in [5.74, 6) is -0.159. The summed E-state index contributed by atoms with van der Waals surface area (Å²) in [5.41, 5.74) is 7.45. The molecule has 19 heavy (non-hydrogen) atoms. The Morgan fingerprint density at radius 3 is 2.79 bits per heavy atom. The van der Waals surface area contributed by atoms with Gasteiger partial charge in [0.1, 0.15) is 5.82 Å². The summed E-state index contributed by atoms with van der Waals surface area (Å²) < 4.78 is 13.1. The molecule has 104 valence electrons. The number of rotatable bonds is 6. The highest BCUT2D eigenvalue weighted by molar-refractivity contribution is 5.76. The first kappa shape index (κ1) is 14.0. The van der Waals surface area contributed by atoms with Gasteiger partial charge >= 0.3 is 0 Å². The van der Waals surface area contributed by atoms with Crippen LogP contribution < -0.4 is 11.1 Å². The SMILES string of the molecule is Cc1cc(CCC(=O)NCC2(CN)CC2)ccc1F. The Balaban J connectivity index is 1.75. The van der Waals surface area contributed by atoms with Crippen molar-refractivity contribution in [3.8, 4) is 0 Å². The fourth-order valence-corrected chi connectivity index (χ4v) is 2.12. The predicted molar refractivity (Wildman–Crippen MR) is 73.2 cm³/mol. The Kier molecular flexibility index (Phi) is 4.20. The van der Waals surface area contributed by atoms with Gasteiger partial charge < -0.3 is 11.1 Å². The Hall–Kier alpha value is -1.42. The molecule has 1 aromatic rings. The van der Waals surface area contributed by atoms with E-state index in [1.807, 2.05) is 0 Å². The van der Waals surface area contributed by atoms with E-state index < -0.39 is 0 Å². The summed E-state index contributed by atoms with van der Waals surface area (Å²) in [6.45, 7) is 3.06. The van der Waals surface area contributed by atoms with Crippen LogP contribution in [0.3, 0.4) is 0 Å².